The maximum Gasteiger partial charge on any atom is 0.341 e. The summed E-state index contributed by atoms with van der Waals surface area (Å²) in [6.45, 7) is 3.17. The summed E-state index contributed by atoms with van der Waals surface area (Å²) in [5, 5.41) is 9.00. The number of nitrogens with two attached hydrogens (primary N) is 1. The molecular weight excluding hydrogens is 398 g/mol. The Morgan fingerprint density at radius 2 is 1.90 bits per heavy atom. The van der Waals surface area contributed by atoms with E-state index in [9.17, 15) is 14.4 Å². The fourth-order valence-corrected chi connectivity index (χ4v) is 3.52. The minimum Gasteiger partial charge on any atom is -0.479 e. The highest BCUT2D eigenvalue weighted by Gasteiger charge is 2.26. The number of hydrogen-bond acceptors (Lipinski definition) is 6. The van der Waals surface area contributed by atoms with Crippen LogP contribution in [0.3, 0.4) is 0 Å². The van der Waals surface area contributed by atoms with Gasteiger partial charge in [-0.1, -0.05) is 43.7 Å². The zero-order valence-corrected chi connectivity index (χ0v) is 17.9. The van der Waals surface area contributed by atoms with Gasteiger partial charge in [0.15, 0.2) is 12.9 Å². The molecule has 0 radical (unpaired) electrons. The van der Waals surface area contributed by atoms with E-state index in [-0.39, 0.29) is 17.7 Å². The molecule has 0 aliphatic heterocycles. The normalized spacial score (nSPS) is 10.3. The number of aromatic nitrogens is 2. The van der Waals surface area contributed by atoms with Crippen LogP contribution in [0.2, 0.25) is 0 Å². The third-order valence-corrected chi connectivity index (χ3v) is 4.62. The summed E-state index contributed by atoms with van der Waals surface area (Å²) in [7, 11) is 1.50. The van der Waals surface area contributed by atoms with E-state index < -0.39 is 18.4 Å². The van der Waals surface area contributed by atoms with E-state index in [0.717, 1.165) is 23.2 Å². The molecule has 2 aromatic heterocycles. The lowest BCUT2D eigenvalue weighted by Crippen LogP contribution is -2.12. The van der Waals surface area contributed by atoms with Crippen LogP contribution in [0.1, 0.15) is 46.2 Å². The average Bonchev–Trinajstić information content (AvgIpc) is 3.07. The monoisotopic (exact) mass is 425 g/mol. The molecule has 0 aliphatic rings. The largest absolute Gasteiger partial charge is 0.479 e. The molecule has 0 aliphatic carbocycles. The van der Waals surface area contributed by atoms with E-state index >= 15 is 0 Å². The third-order valence-electron chi connectivity index (χ3n) is 4.62. The molecule has 3 aromatic rings. The van der Waals surface area contributed by atoms with Gasteiger partial charge in [-0.15, -0.1) is 0 Å². The Labute approximate surface area is 180 Å². The van der Waals surface area contributed by atoms with Crippen molar-refractivity contribution in [1.82, 2.24) is 9.38 Å². The predicted molar refractivity (Wildman–Crippen MR) is 117 cm³/mol. The average molecular weight is 425 g/mol. The molecule has 8 heteroatoms. The molecule has 2 heterocycles. The van der Waals surface area contributed by atoms with Crippen LogP contribution in [0.25, 0.3) is 5.52 Å². The van der Waals surface area contributed by atoms with E-state index in [1.165, 1.54) is 7.05 Å². The number of hydrogen-bond donors (Lipinski definition) is 2. The zero-order valence-electron chi connectivity index (χ0n) is 17.9. The SMILES string of the molecule is CCCc1c(C(=O)C=O)c2c(OCC(=O)O)nc(C)cn2c1Cc1ccccc1.CN. The topological polar surface area (TPSA) is 124 Å². The minimum absolute atomic E-state index is 0.0364. The van der Waals surface area contributed by atoms with Crippen LogP contribution in [0.15, 0.2) is 36.5 Å². The van der Waals surface area contributed by atoms with E-state index in [1.807, 2.05) is 41.7 Å². The Kier molecular flexibility index (Phi) is 8.45. The number of carbonyl (C=O) groups excluding carboxylic acids is 2. The number of Topliss-reactive ketones (excluding diaryl/α,β-unsaturated/α-hetero) is 1. The second-order valence-corrected chi connectivity index (χ2v) is 6.78. The summed E-state index contributed by atoms with van der Waals surface area (Å²) in [5.41, 5.74) is 8.36. The smallest absolute Gasteiger partial charge is 0.341 e. The lowest BCUT2D eigenvalue weighted by Gasteiger charge is -2.10. The Morgan fingerprint density at radius 3 is 2.48 bits per heavy atom. The van der Waals surface area contributed by atoms with Crippen LogP contribution in [0.4, 0.5) is 0 Å². The summed E-state index contributed by atoms with van der Waals surface area (Å²) in [5.74, 6) is -1.79. The number of benzene rings is 1. The van der Waals surface area contributed by atoms with Gasteiger partial charge in [-0.05, 0) is 31.5 Å². The van der Waals surface area contributed by atoms with Gasteiger partial charge in [0.2, 0.25) is 11.7 Å². The van der Waals surface area contributed by atoms with Crippen LogP contribution in [-0.4, -0.2) is 46.2 Å². The molecule has 3 rings (SSSR count). The minimum atomic E-state index is -1.15. The molecule has 0 fully saturated rings. The summed E-state index contributed by atoms with van der Waals surface area (Å²) < 4.78 is 7.21. The van der Waals surface area contributed by atoms with Gasteiger partial charge in [0.1, 0.15) is 5.52 Å². The van der Waals surface area contributed by atoms with Gasteiger partial charge in [0, 0.05) is 18.3 Å². The fraction of sp³-hybridized carbons (Fsp3) is 0.304. The highest BCUT2D eigenvalue weighted by molar-refractivity contribution is 6.36. The van der Waals surface area contributed by atoms with Gasteiger partial charge < -0.3 is 20.0 Å². The van der Waals surface area contributed by atoms with Gasteiger partial charge in [-0.2, -0.15) is 0 Å². The first-order valence-electron chi connectivity index (χ1n) is 9.95. The van der Waals surface area contributed by atoms with Gasteiger partial charge in [-0.3, -0.25) is 9.59 Å². The van der Waals surface area contributed by atoms with Crippen molar-refractivity contribution in [3.8, 4) is 5.88 Å². The van der Waals surface area contributed by atoms with Crippen molar-refractivity contribution in [2.75, 3.05) is 13.7 Å². The molecule has 0 amide bonds. The third kappa shape index (κ3) is 5.35. The van der Waals surface area contributed by atoms with Gasteiger partial charge in [0.25, 0.3) is 0 Å². The number of carboxylic acid groups (broad SMARTS) is 1. The number of carboxylic acids is 1. The number of aldehydes is 1. The lowest BCUT2D eigenvalue weighted by molar-refractivity contribution is -0.139. The molecule has 8 nitrogen and oxygen atoms in total. The number of carbonyl (C=O) groups is 3. The number of aryl methyl sites for hydroxylation is 1. The molecule has 0 atom stereocenters. The molecule has 31 heavy (non-hydrogen) atoms. The quantitative estimate of drug-likeness (QED) is 0.307. The second kappa shape index (κ2) is 11.0. The second-order valence-electron chi connectivity index (χ2n) is 6.78. The molecule has 0 bridgehead atoms. The first-order chi connectivity index (χ1) is 15.0. The van der Waals surface area contributed by atoms with Crippen LogP contribution in [-0.2, 0) is 22.4 Å². The Morgan fingerprint density at radius 1 is 1.23 bits per heavy atom. The first-order valence-corrected chi connectivity index (χ1v) is 9.95. The molecule has 0 saturated heterocycles. The van der Waals surface area contributed by atoms with Crippen molar-refractivity contribution >= 4 is 23.6 Å². The number of ether oxygens (including phenoxy) is 1. The maximum atomic E-state index is 12.6. The standard InChI is InChI=1S/C22H22N2O5.CH5N/c1-3-7-16-17(10-15-8-5-4-6-9-15)24-11-14(2)23-22(29-13-19(27)28)21(24)20(16)18(26)12-25;1-2/h4-6,8-9,11-12H,3,7,10,13H2,1-2H3,(H,27,28);2H2,1H3. The molecular formula is C23H27N3O5. The van der Waals surface area contributed by atoms with Crippen LogP contribution in [0, 0.1) is 6.92 Å². The lowest BCUT2D eigenvalue weighted by atomic mass is 9.98. The summed E-state index contributed by atoms with van der Waals surface area (Å²) in [6, 6.07) is 9.80. The van der Waals surface area contributed by atoms with Crippen molar-refractivity contribution in [1.29, 1.82) is 0 Å². The van der Waals surface area contributed by atoms with Crippen molar-refractivity contribution < 1.29 is 24.2 Å². The Hall–Kier alpha value is -3.52. The van der Waals surface area contributed by atoms with Gasteiger partial charge in [-0.25, -0.2) is 9.78 Å². The van der Waals surface area contributed by atoms with Crippen LogP contribution in [0.5, 0.6) is 5.88 Å². The van der Waals surface area contributed by atoms with Crippen molar-refractivity contribution in [3.05, 3.63) is 64.6 Å². The molecule has 0 unspecified atom stereocenters. The van der Waals surface area contributed by atoms with Crippen molar-refractivity contribution in [2.45, 2.75) is 33.1 Å². The number of nitrogens with zero attached hydrogens (tertiary/aromatic N) is 2. The molecule has 3 N–H and O–H groups in total. The van der Waals surface area contributed by atoms with E-state index in [1.54, 1.807) is 13.1 Å². The highest BCUT2D eigenvalue weighted by atomic mass is 16.5. The van der Waals surface area contributed by atoms with E-state index in [0.29, 0.717) is 24.1 Å². The van der Waals surface area contributed by atoms with Crippen molar-refractivity contribution in [3.63, 3.8) is 0 Å². The summed E-state index contributed by atoms with van der Waals surface area (Å²) in [6.07, 6.45) is 3.97. The predicted octanol–water partition coefficient (Wildman–Crippen LogP) is 2.61. The van der Waals surface area contributed by atoms with Crippen LogP contribution >= 0.6 is 0 Å². The van der Waals surface area contributed by atoms with Gasteiger partial charge in [0.05, 0.1) is 11.3 Å². The number of ketones is 1. The Balaban J connectivity index is 0.00000166. The maximum absolute atomic E-state index is 12.6. The van der Waals surface area contributed by atoms with Gasteiger partial charge >= 0.3 is 5.97 Å². The number of aliphatic carboxylic acids is 1. The molecule has 164 valence electrons. The summed E-state index contributed by atoms with van der Waals surface area (Å²) >= 11 is 0. The van der Waals surface area contributed by atoms with Crippen LogP contribution < -0.4 is 10.5 Å². The highest BCUT2D eigenvalue weighted by Crippen LogP contribution is 2.32. The molecule has 1 aromatic carbocycles. The first kappa shape index (κ1) is 23.8. The van der Waals surface area contributed by atoms with Crippen molar-refractivity contribution in [2.24, 2.45) is 5.73 Å². The van der Waals surface area contributed by atoms with E-state index in [2.05, 4.69) is 10.7 Å². The zero-order chi connectivity index (χ0) is 23.0. The number of rotatable bonds is 9. The molecule has 0 spiro atoms. The fourth-order valence-electron chi connectivity index (χ4n) is 3.52. The molecule has 0 saturated carbocycles. The number of fused-ring (bicyclic) bond motifs is 1. The Bertz CT molecular complexity index is 1070. The summed E-state index contributed by atoms with van der Waals surface area (Å²) in [4.78, 5) is 39.3. The van der Waals surface area contributed by atoms with E-state index in [4.69, 9.17) is 9.84 Å².